The molecule has 0 bridgehead atoms. The van der Waals surface area contributed by atoms with Crippen LogP contribution in [0.1, 0.15) is 64.0 Å². The van der Waals surface area contributed by atoms with Crippen LogP contribution >= 0.6 is 0 Å². The van der Waals surface area contributed by atoms with E-state index in [-0.39, 0.29) is 17.7 Å². The average Bonchev–Trinajstić information content (AvgIpc) is 2.58. The molecule has 132 valence electrons. The zero-order valence-corrected chi connectivity index (χ0v) is 14.9. The van der Waals surface area contributed by atoms with Crippen molar-refractivity contribution in [2.45, 2.75) is 58.4 Å². The van der Waals surface area contributed by atoms with Crippen LogP contribution in [-0.2, 0) is 9.59 Å². The van der Waals surface area contributed by atoms with Crippen LogP contribution in [0.5, 0.6) is 0 Å². The Bertz CT molecular complexity index is 522. The first-order valence-electron chi connectivity index (χ1n) is 9.18. The van der Waals surface area contributed by atoms with Gasteiger partial charge < -0.3 is 10.6 Å². The fourth-order valence-electron chi connectivity index (χ4n) is 3.27. The van der Waals surface area contributed by atoms with Crippen LogP contribution in [0.25, 0.3) is 0 Å². The number of carbonyl (C=O) groups excluding carboxylic acids is 2. The molecule has 0 heterocycles. The van der Waals surface area contributed by atoms with Crippen molar-refractivity contribution in [2.75, 3.05) is 6.54 Å². The van der Waals surface area contributed by atoms with E-state index in [9.17, 15) is 9.59 Å². The minimum absolute atomic E-state index is 0.0772. The number of carbonyl (C=O) groups is 2. The van der Waals surface area contributed by atoms with Gasteiger partial charge in [0.25, 0.3) is 0 Å². The van der Waals surface area contributed by atoms with Crippen molar-refractivity contribution in [1.29, 1.82) is 0 Å². The summed E-state index contributed by atoms with van der Waals surface area (Å²) in [6.45, 7) is 4.71. The predicted molar refractivity (Wildman–Crippen MR) is 96.4 cm³/mol. The van der Waals surface area contributed by atoms with Gasteiger partial charge in [0.15, 0.2) is 0 Å². The standard InChI is InChI=1S/C20H30N2O2/c1-15(2)13-18(23)22-19(17-11-7-4-8-12-17)20(24)21-14-16-9-5-3-6-10-16/h4,7-8,11-12,15-16,19H,3,5-6,9-10,13-14H2,1-2H3,(H,21,24)(H,22,23). The summed E-state index contributed by atoms with van der Waals surface area (Å²) >= 11 is 0. The van der Waals surface area contributed by atoms with Crippen LogP contribution in [0.4, 0.5) is 0 Å². The lowest BCUT2D eigenvalue weighted by atomic mass is 9.89. The first-order valence-corrected chi connectivity index (χ1v) is 9.18. The second-order valence-electron chi connectivity index (χ2n) is 7.26. The molecule has 4 heteroatoms. The van der Waals surface area contributed by atoms with Crippen molar-refractivity contribution >= 4 is 11.8 Å². The molecule has 1 unspecified atom stereocenters. The van der Waals surface area contributed by atoms with Crippen LogP contribution in [0, 0.1) is 11.8 Å². The Hall–Kier alpha value is -1.84. The van der Waals surface area contributed by atoms with Crippen molar-refractivity contribution in [3.05, 3.63) is 35.9 Å². The van der Waals surface area contributed by atoms with Gasteiger partial charge in [-0.1, -0.05) is 63.4 Å². The van der Waals surface area contributed by atoms with Crippen LogP contribution in [0.2, 0.25) is 0 Å². The minimum atomic E-state index is -0.610. The number of hydrogen-bond acceptors (Lipinski definition) is 2. The molecule has 0 aliphatic heterocycles. The van der Waals surface area contributed by atoms with Gasteiger partial charge in [0.1, 0.15) is 6.04 Å². The third kappa shape index (κ3) is 5.99. The molecule has 1 aliphatic carbocycles. The number of nitrogens with one attached hydrogen (secondary N) is 2. The molecule has 0 saturated heterocycles. The normalized spacial score (nSPS) is 16.6. The molecule has 1 atom stereocenters. The smallest absolute Gasteiger partial charge is 0.247 e. The minimum Gasteiger partial charge on any atom is -0.354 e. The molecule has 1 aliphatic rings. The lowest BCUT2D eigenvalue weighted by Crippen LogP contribution is -2.42. The van der Waals surface area contributed by atoms with Crippen molar-refractivity contribution < 1.29 is 9.59 Å². The molecule has 2 N–H and O–H groups in total. The van der Waals surface area contributed by atoms with Crippen LogP contribution in [0.15, 0.2) is 30.3 Å². The molecule has 24 heavy (non-hydrogen) atoms. The Morgan fingerprint density at radius 1 is 1.08 bits per heavy atom. The Balaban J connectivity index is 1.98. The van der Waals surface area contributed by atoms with Crippen molar-refractivity contribution in [1.82, 2.24) is 10.6 Å². The van der Waals surface area contributed by atoms with Crippen molar-refractivity contribution in [3.8, 4) is 0 Å². The molecular weight excluding hydrogens is 300 g/mol. The average molecular weight is 330 g/mol. The monoisotopic (exact) mass is 330 g/mol. The molecule has 0 aromatic heterocycles. The van der Waals surface area contributed by atoms with Gasteiger partial charge in [-0.3, -0.25) is 9.59 Å². The molecule has 2 rings (SSSR count). The van der Waals surface area contributed by atoms with E-state index >= 15 is 0 Å². The second-order valence-corrected chi connectivity index (χ2v) is 7.26. The highest BCUT2D eigenvalue weighted by Crippen LogP contribution is 2.23. The molecular formula is C20H30N2O2. The van der Waals surface area contributed by atoms with Gasteiger partial charge in [0.05, 0.1) is 0 Å². The Kier molecular flexibility index (Phi) is 7.29. The highest BCUT2D eigenvalue weighted by molar-refractivity contribution is 5.88. The summed E-state index contributed by atoms with van der Waals surface area (Å²) in [6, 6.07) is 8.87. The Morgan fingerprint density at radius 2 is 1.75 bits per heavy atom. The highest BCUT2D eigenvalue weighted by Gasteiger charge is 2.24. The summed E-state index contributed by atoms with van der Waals surface area (Å²) < 4.78 is 0. The van der Waals surface area contributed by atoms with Crippen molar-refractivity contribution in [2.24, 2.45) is 11.8 Å². The zero-order chi connectivity index (χ0) is 17.4. The maximum Gasteiger partial charge on any atom is 0.247 e. The first kappa shape index (κ1) is 18.5. The molecule has 1 saturated carbocycles. The maximum atomic E-state index is 12.7. The van der Waals surface area contributed by atoms with Gasteiger partial charge in [0.2, 0.25) is 11.8 Å². The quantitative estimate of drug-likeness (QED) is 0.803. The van der Waals surface area contributed by atoms with Crippen LogP contribution in [0.3, 0.4) is 0 Å². The summed E-state index contributed by atoms with van der Waals surface area (Å²) in [7, 11) is 0. The van der Waals surface area contributed by atoms with E-state index in [1.807, 2.05) is 44.2 Å². The third-order valence-electron chi connectivity index (χ3n) is 4.58. The number of rotatable bonds is 7. The van der Waals surface area contributed by atoms with Crippen LogP contribution < -0.4 is 10.6 Å². The predicted octanol–water partition coefficient (Wildman–Crippen LogP) is 3.59. The fourth-order valence-corrected chi connectivity index (χ4v) is 3.27. The molecule has 0 radical (unpaired) electrons. The zero-order valence-electron chi connectivity index (χ0n) is 14.9. The SMILES string of the molecule is CC(C)CC(=O)NC(C(=O)NCC1CCCCC1)c1ccccc1. The number of benzene rings is 1. The van der Waals surface area contributed by atoms with Crippen LogP contribution in [-0.4, -0.2) is 18.4 Å². The van der Waals surface area contributed by atoms with Gasteiger partial charge in [-0.05, 0) is 30.2 Å². The fraction of sp³-hybridized carbons (Fsp3) is 0.600. The van der Waals surface area contributed by atoms with E-state index in [1.165, 1.54) is 32.1 Å². The summed E-state index contributed by atoms with van der Waals surface area (Å²) in [5.74, 6) is 0.660. The molecule has 0 spiro atoms. The van der Waals surface area contributed by atoms with E-state index in [2.05, 4.69) is 10.6 Å². The molecule has 1 aromatic carbocycles. The maximum absolute atomic E-state index is 12.7. The molecule has 4 nitrogen and oxygen atoms in total. The lowest BCUT2D eigenvalue weighted by molar-refractivity contribution is -0.129. The molecule has 2 amide bonds. The van der Waals surface area contributed by atoms with Gasteiger partial charge in [-0.15, -0.1) is 0 Å². The lowest BCUT2D eigenvalue weighted by Gasteiger charge is -2.24. The van der Waals surface area contributed by atoms with Gasteiger partial charge >= 0.3 is 0 Å². The largest absolute Gasteiger partial charge is 0.354 e. The number of hydrogen-bond donors (Lipinski definition) is 2. The Morgan fingerprint density at radius 3 is 2.38 bits per heavy atom. The van der Waals surface area contributed by atoms with E-state index in [0.29, 0.717) is 18.9 Å². The third-order valence-corrected chi connectivity index (χ3v) is 4.58. The van der Waals surface area contributed by atoms with Gasteiger partial charge in [0, 0.05) is 13.0 Å². The van der Waals surface area contributed by atoms with E-state index in [0.717, 1.165) is 5.56 Å². The number of amides is 2. The summed E-state index contributed by atoms with van der Waals surface area (Å²) in [6.07, 6.45) is 6.63. The van der Waals surface area contributed by atoms with E-state index in [4.69, 9.17) is 0 Å². The Labute approximate surface area is 145 Å². The van der Waals surface area contributed by atoms with E-state index in [1.54, 1.807) is 0 Å². The van der Waals surface area contributed by atoms with Gasteiger partial charge in [-0.25, -0.2) is 0 Å². The van der Waals surface area contributed by atoms with Gasteiger partial charge in [-0.2, -0.15) is 0 Å². The van der Waals surface area contributed by atoms with E-state index < -0.39 is 6.04 Å². The second kappa shape index (κ2) is 9.45. The summed E-state index contributed by atoms with van der Waals surface area (Å²) in [4.78, 5) is 24.8. The molecule has 1 fully saturated rings. The van der Waals surface area contributed by atoms with Crippen molar-refractivity contribution in [3.63, 3.8) is 0 Å². The molecule has 1 aromatic rings. The topological polar surface area (TPSA) is 58.2 Å². The highest BCUT2D eigenvalue weighted by atomic mass is 16.2. The summed E-state index contributed by atoms with van der Waals surface area (Å²) in [5.41, 5.74) is 0.829. The summed E-state index contributed by atoms with van der Waals surface area (Å²) in [5, 5.41) is 5.96. The first-order chi connectivity index (χ1) is 11.6.